The third-order valence-electron chi connectivity index (χ3n) is 1.17. The van der Waals surface area contributed by atoms with Gasteiger partial charge in [0.1, 0.15) is 0 Å². The van der Waals surface area contributed by atoms with Gasteiger partial charge in [-0.15, -0.1) is 12.6 Å². The van der Waals surface area contributed by atoms with Crippen LogP contribution in [0.2, 0.25) is 0 Å². The van der Waals surface area contributed by atoms with E-state index in [4.69, 9.17) is 0 Å². The Balaban J connectivity index is 3.17. The summed E-state index contributed by atoms with van der Waals surface area (Å²) in [5.74, 6) is 0. The minimum absolute atomic E-state index is 1.07. The first kappa shape index (κ1) is 7.41. The van der Waals surface area contributed by atoms with Crippen LogP contribution >= 0.6 is 35.2 Å². The quantitative estimate of drug-likeness (QED) is 0.531. The lowest BCUT2D eigenvalue weighted by Gasteiger charge is -1.96. The van der Waals surface area contributed by atoms with Crippen LogP contribution in [0.3, 0.4) is 0 Å². The normalized spacial score (nSPS) is 9.67. The van der Waals surface area contributed by atoms with Crippen LogP contribution in [-0.2, 0) is 0 Å². The van der Waals surface area contributed by atoms with Gasteiger partial charge >= 0.3 is 0 Å². The van der Waals surface area contributed by atoms with Crippen LogP contribution in [0, 0.1) is 10.5 Å². The molecule has 1 aromatic rings. The minimum Gasteiger partial charge on any atom is -0.143 e. The van der Waals surface area contributed by atoms with Crippen molar-refractivity contribution in [2.45, 2.75) is 11.8 Å². The average molecular weight is 250 g/mol. The second-order valence-corrected chi connectivity index (χ2v) is 3.66. The average Bonchev–Trinajstić information content (AvgIpc) is 1.80. The molecule has 1 aromatic carbocycles. The Hall–Kier alpha value is 0.300. The van der Waals surface area contributed by atoms with E-state index in [0.29, 0.717) is 0 Å². The first-order valence-electron chi connectivity index (χ1n) is 2.65. The van der Waals surface area contributed by atoms with Crippen molar-refractivity contribution in [2.24, 2.45) is 0 Å². The van der Waals surface area contributed by atoms with E-state index in [1.165, 1.54) is 9.13 Å². The third kappa shape index (κ3) is 1.86. The summed E-state index contributed by atoms with van der Waals surface area (Å²) in [6, 6.07) is 6.21. The van der Waals surface area contributed by atoms with E-state index in [0.717, 1.165) is 4.90 Å². The molecule has 0 aliphatic heterocycles. The van der Waals surface area contributed by atoms with Crippen molar-refractivity contribution < 1.29 is 0 Å². The molecule has 0 aromatic heterocycles. The highest BCUT2D eigenvalue weighted by Gasteiger charge is 1.91. The summed E-state index contributed by atoms with van der Waals surface area (Å²) in [7, 11) is 0. The largest absolute Gasteiger partial charge is 0.143 e. The van der Waals surface area contributed by atoms with E-state index >= 15 is 0 Å². The van der Waals surface area contributed by atoms with E-state index < -0.39 is 0 Å². The van der Waals surface area contributed by atoms with Crippen LogP contribution in [-0.4, -0.2) is 0 Å². The number of rotatable bonds is 0. The SMILES string of the molecule is Cc1ccc(I)cc1S. The first-order valence-corrected chi connectivity index (χ1v) is 4.18. The summed E-state index contributed by atoms with van der Waals surface area (Å²) in [4.78, 5) is 1.07. The molecule has 1 rings (SSSR count). The Labute approximate surface area is 74.2 Å². The fourth-order valence-electron chi connectivity index (χ4n) is 0.583. The highest BCUT2D eigenvalue weighted by molar-refractivity contribution is 14.1. The topological polar surface area (TPSA) is 0 Å². The Morgan fingerprint density at radius 3 is 2.56 bits per heavy atom. The minimum atomic E-state index is 1.07. The van der Waals surface area contributed by atoms with Crippen LogP contribution in [0.1, 0.15) is 5.56 Å². The van der Waals surface area contributed by atoms with E-state index in [1.807, 2.05) is 0 Å². The lowest BCUT2D eigenvalue weighted by atomic mass is 10.2. The van der Waals surface area contributed by atoms with Gasteiger partial charge in [0.15, 0.2) is 0 Å². The first-order chi connectivity index (χ1) is 4.20. The number of thiol groups is 1. The molecule has 2 heteroatoms. The number of aryl methyl sites for hydroxylation is 1. The summed E-state index contributed by atoms with van der Waals surface area (Å²) in [5.41, 5.74) is 1.23. The molecular weight excluding hydrogens is 243 g/mol. The van der Waals surface area contributed by atoms with Gasteiger partial charge in [-0.1, -0.05) is 6.07 Å². The van der Waals surface area contributed by atoms with Crippen LogP contribution in [0.4, 0.5) is 0 Å². The molecule has 0 fully saturated rings. The van der Waals surface area contributed by atoms with Crippen molar-refractivity contribution in [1.82, 2.24) is 0 Å². The molecule has 0 aliphatic carbocycles. The fourth-order valence-corrected chi connectivity index (χ4v) is 1.53. The Morgan fingerprint density at radius 1 is 1.44 bits per heavy atom. The zero-order chi connectivity index (χ0) is 6.85. The van der Waals surface area contributed by atoms with Crippen LogP contribution < -0.4 is 0 Å². The molecule has 0 atom stereocenters. The zero-order valence-electron chi connectivity index (χ0n) is 5.06. The van der Waals surface area contributed by atoms with E-state index in [2.05, 4.69) is 60.3 Å². The predicted molar refractivity (Wildman–Crippen MR) is 51.1 cm³/mol. The molecule has 0 bridgehead atoms. The molecule has 0 N–H and O–H groups in total. The molecule has 0 heterocycles. The van der Waals surface area contributed by atoms with Crippen LogP contribution in [0.25, 0.3) is 0 Å². The lowest BCUT2D eigenvalue weighted by Crippen LogP contribution is -1.75. The van der Waals surface area contributed by atoms with Gasteiger partial charge in [0.2, 0.25) is 0 Å². The van der Waals surface area contributed by atoms with Crippen molar-refractivity contribution in [3.63, 3.8) is 0 Å². The van der Waals surface area contributed by atoms with Gasteiger partial charge in [0.25, 0.3) is 0 Å². The third-order valence-corrected chi connectivity index (χ3v) is 2.32. The maximum atomic E-state index is 4.26. The Kier molecular flexibility index (Phi) is 2.41. The number of halogens is 1. The maximum absolute atomic E-state index is 4.26. The molecule has 9 heavy (non-hydrogen) atoms. The monoisotopic (exact) mass is 250 g/mol. The second-order valence-electron chi connectivity index (χ2n) is 1.93. The van der Waals surface area contributed by atoms with Crippen LogP contribution in [0.15, 0.2) is 23.1 Å². The standard InChI is InChI=1S/C7H7IS/c1-5-2-3-6(8)4-7(5)9/h2-4,9H,1H3. The van der Waals surface area contributed by atoms with Gasteiger partial charge in [-0.2, -0.15) is 0 Å². The van der Waals surface area contributed by atoms with Crippen molar-refractivity contribution in [2.75, 3.05) is 0 Å². The molecule has 0 nitrogen and oxygen atoms in total. The van der Waals surface area contributed by atoms with Gasteiger partial charge in [-0.25, -0.2) is 0 Å². The van der Waals surface area contributed by atoms with Crippen LogP contribution in [0.5, 0.6) is 0 Å². The molecule has 48 valence electrons. The van der Waals surface area contributed by atoms with Gasteiger partial charge < -0.3 is 0 Å². The lowest BCUT2D eigenvalue weighted by molar-refractivity contribution is 1.30. The summed E-state index contributed by atoms with van der Waals surface area (Å²) >= 11 is 6.54. The summed E-state index contributed by atoms with van der Waals surface area (Å²) < 4.78 is 1.24. The van der Waals surface area contributed by atoms with E-state index in [1.54, 1.807) is 0 Å². The highest BCUT2D eigenvalue weighted by Crippen LogP contribution is 2.15. The van der Waals surface area contributed by atoms with E-state index in [9.17, 15) is 0 Å². The van der Waals surface area contributed by atoms with Crippen molar-refractivity contribution in [3.05, 3.63) is 27.3 Å². The zero-order valence-corrected chi connectivity index (χ0v) is 8.11. The Morgan fingerprint density at radius 2 is 2.11 bits per heavy atom. The molecule has 0 spiro atoms. The molecule has 0 saturated carbocycles. The summed E-state index contributed by atoms with van der Waals surface area (Å²) in [6.07, 6.45) is 0. The van der Waals surface area contributed by atoms with Crippen molar-refractivity contribution >= 4 is 35.2 Å². The van der Waals surface area contributed by atoms with Gasteiger partial charge in [0, 0.05) is 8.47 Å². The smallest absolute Gasteiger partial charge is 0.0141 e. The Bertz CT molecular complexity index is 220. The van der Waals surface area contributed by atoms with Gasteiger partial charge in [0.05, 0.1) is 0 Å². The number of hydrogen-bond acceptors (Lipinski definition) is 1. The number of hydrogen-bond donors (Lipinski definition) is 1. The molecule has 0 saturated heterocycles. The number of benzene rings is 1. The molecular formula is C7H7IS. The second kappa shape index (κ2) is 2.92. The highest BCUT2D eigenvalue weighted by atomic mass is 127. The molecule has 0 radical (unpaired) electrons. The fraction of sp³-hybridized carbons (Fsp3) is 0.143. The predicted octanol–water partition coefficient (Wildman–Crippen LogP) is 2.89. The molecule has 0 amide bonds. The van der Waals surface area contributed by atoms with Gasteiger partial charge in [-0.3, -0.25) is 0 Å². The summed E-state index contributed by atoms with van der Waals surface area (Å²) in [6.45, 7) is 2.05. The maximum Gasteiger partial charge on any atom is 0.0141 e. The van der Waals surface area contributed by atoms with Crippen molar-refractivity contribution in [3.8, 4) is 0 Å². The summed E-state index contributed by atoms with van der Waals surface area (Å²) in [5, 5.41) is 0. The molecule has 0 unspecified atom stereocenters. The molecule has 0 aliphatic rings. The van der Waals surface area contributed by atoms with E-state index in [-0.39, 0.29) is 0 Å². The van der Waals surface area contributed by atoms with Gasteiger partial charge in [-0.05, 0) is 47.2 Å². The van der Waals surface area contributed by atoms with Crippen molar-refractivity contribution in [1.29, 1.82) is 0 Å².